The monoisotopic (exact) mass is 372 g/mol. The van der Waals surface area contributed by atoms with Crippen LogP contribution in [0.25, 0.3) is 0 Å². The summed E-state index contributed by atoms with van der Waals surface area (Å²) in [6.07, 6.45) is -0.813. The van der Waals surface area contributed by atoms with Crippen LogP contribution >= 0.6 is 0 Å². The highest BCUT2D eigenvalue weighted by molar-refractivity contribution is 7.80. The maximum atomic E-state index is 10.6. The maximum absolute atomic E-state index is 10.6. The van der Waals surface area contributed by atoms with Gasteiger partial charge in [-0.15, -0.1) is 0 Å². The zero-order chi connectivity index (χ0) is 18.2. The summed E-state index contributed by atoms with van der Waals surface area (Å²) in [6, 6.07) is 0. The van der Waals surface area contributed by atoms with Gasteiger partial charge in [-0.05, 0) is 6.42 Å². The molecule has 24 heavy (non-hydrogen) atoms. The van der Waals surface area contributed by atoms with Gasteiger partial charge in [0.2, 0.25) is 0 Å². The lowest BCUT2D eigenvalue weighted by Gasteiger charge is -2.39. The van der Waals surface area contributed by atoms with Crippen molar-refractivity contribution in [1.82, 2.24) is 0 Å². The van der Waals surface area contributed by atoms with Crippen molar-refractivity contribution in [2.24, 2.45) is 0 Å². The van der Waals surface area contributed by atoms with E-state index in [0.29, 0.717) is 6.61 Å². The van der Waals surface area contributed by atoms with Gasteiger partial charge < -0.3 is 24.8 Å². The van der Waals surface area contributed by atoms with Gasteiger partial charge in [0, 0.05) is 6.61 Å². The molecule has 4 N–H and O–H groups in total. The lowest BCUT2D eigenvalue weighted by Crippen LogP contribution is -2.59. The Morgan fingerprint density at radius 2 is 1.58 bits per heavy atom. The fourth-order valence-corrected chi connectivity index (χ4v) is 2.73. The number of hydrogen-bond acceptors (Lipinski definition) is 8. The molecule has 10 heteroatoms. The highest BCUT2D eigenvalue weighted by Crippen LogP contribution is 2.23. The molecule has 0 aromatic rings. The zero-order valence-electron chi connectivity index (χ0n) is 13.8. The molecule has 0 saturated carbocycles. The molecule has 1 aliphatic rings. The second-order valence-electron chi connectivity index (χ2n) is 5.87. The van der Waals surface area contributed by atoms with Crippen molar-refractivity contribution >= 4 is 10.4 Å². The Kier molecular flexibility index (Phi) is 9.60. The van der Waals surface area contributed by atoms with Gasteiger partial charge >= 0.3 is 10.4 Å². The van der Waals surface area contributed by atoms with Gasteiger partial charge in [0.15, 0.2) is 6.29 Å². The summed E-state index contributed by atoms with van der Waals surface area (Å²) in [4.78, 5) is 0. The van der Waals surface area contributed by atoms with Crippen molar-refractivity contribution in [3.63, 3.8) is 0 Å². The Labute approximate surface area is 142 Å². The van der Waals surface area contributed by atoms with Crippen molar-refractivity contribution in [3.05, 3.63) is 0 Å². The van der Waals surface area contributed by atoms with Crippen molar-refractivity contribution in [1.29, 1.82) is 0 Å². The van der Waals surface area contributed by atoms with Crippen molar-refractivity contribution in [3.8, 4) is 0 Å². The minimum atomic E-state index is -4.70. The van der Waals surface area contributed by atoms with Crippen LogP contribution in [0.5, 0.6) is 0 Å². The number of rotatable bonds is 11. The Balaban J connectivity index is 2.39. The second-order valence-corrected chi connectivity index (χ2v) is 6.96. The van der Waals surface area contributed by atoms with Crippen LogP contribution in [-0.2, 0) is 24.1 Å². The first-order valence-electron chi connectivity index (χ1n) is 8.19. The lowest BCUT2D eigenvalue weighted by atomic mass is 9.99. The highest BCUT2D eigenvalue weighted by Gasteiger charge is 2.44. The minimum absolute atomic E-state index is 0.294. The van der Waals surface area contributed by atoms with Gasteiger partial charge in [0.1, 0.15) is 24.4 Å². The van der Waals surface area contributed by atoms with Crippen LogP contribution in [0.2, 0.25) is 0 Å². The fraction of sp³-hybridized carbons (Fsp3) is 1.00. The van der Waals surface area contributed by atoms with Crippen LogP contribution in [0, 0.1) is 0 Å². The second kappa shape index (κ2) is 10.6. The molecule has 5 atom stereocenters. The highest BCUT2D eigenvalue weighted by atomic mass is 32.3. The van der Waals surface area contributed by atoms with E-state index in [1.54, 1.807) is 0 Å². The molecule has 0 radical (unpaired) electrons. The number of aliphatic hydroxyl groups excluding tert-OH is 3. The van der Waals surface area contributed by atoms with Crippen LogP contribution in [0.15, 0.2) is 0 Å². The summed E-state index contributed by atoms with van der Waals surface area (Å²) in [5.41, 5.74) is 0. The van der Waals surface area contributed by atoms with Crippen molar-refractivity contribution in [2.45, 2.75) is 76.2 Å². The van der Waals surface area contributed by atoms with E-state index < -0.39 is 47.7 Å². The summed E-state index contributed by atoms with van der Waals surface area (Å²) in [6.45, 7) is 1.72. The molecular formula is C14H28O9S. The normalized spacial score (nSPS) is 31.3. The molecule has 0 aliphatic carbocycles. The first kappa shape index (κ1) is 21.7. The molecule has 0 unspecified atom stereocenters. The van der Waals surface area contributed by atoms with Crippen LogP contribution < -0.4 is 0 Å². The first-order valence-corrected chi connectivity index (χ1v) is 9.56. The number of unbranched alkanes of at least 4 members (excludes halogenated alkanes) is 5. The van der Waals surface area contributed by atoms with E-state index in [0.717, 1.165) is 32.1 Å². The number of hydrogen-bond donors (Lipinski definition) is 4. The first-order chi connectivity index (χ1) is 11.3. The standard InChI is InChI=1S/C14H28O9S/c1-2-3-4-5-6-7-8-21-14-13(17)12(16)11(15)10(23-14)9-22-24(18,19)20/h10-17H,2-9H2,1H3,(H,18,19,20)/t10-,11-,12+,13-,14-/m1/s1. The van der Waals surface area contributed by atoms with E-state index >= 15 is 0 Å². The van der Waals surface area contributed by atoms with E-state index in [9.17, 15) is 23.7 Å². The Bertz CT molecular complexity index is 442. The van der Waals surface area contributed by atoms with Crippen LogP contribution in [0.1, 0.15) is 45.4 Å². The Hall–Kier alpha value is -0.330. The Morgan fingerprint density at radius 1 is 0.958 bits per heavy atom. The SMILES string of the molecule is CCCCCCCCO[C@@H]1O[C@H](COS(=O)(=O)O)[C@@H](O)[C@H](O)[C@H]1O. The average molecular weight is 372 g/mol. The molecule has 0 aromatic carbocycles. The molecule has 0 spiro atoms. The molecule has 1 aliphatic heterocycles. The number of ether oxygens (including phenoxy) is 2. The molecule has 0 amide bonds. The molecule has 1 heterocycles. The summed E-state index contributed by atoms with van der Waals surface area (Å²) in [5, 5.41) is 29.4. The topological polar surface area (TPSA) is 143 Å². The third-order valence-corrected chi connectivity index (χ3v) is 4.26. The van der Waals surface area contributed by atoms with Crippen LogP contribution in [-0.4, -0.2) is 72.2 Å². The van der Waals surface area contributed by atoms with E-state index in [-0.39, 0.29) is 0 Å². The lowest BCUT2D eigenvalue weighted by molar-refractivity contribution is -0.300. The van der Waals surface area contributed by atoms with Gasteiger partial charge in [-0.25, -0.2) is 4.18 Å². The molecule has 1 saturated heterocycles. The fourth-order valence-electron chi connectivity index (χ4n) is 2.43. The van der Waals surface area contributed by atoms with Crippen molar-refractivity contribution in [2.75, 3.05) is 13.2 Å². The molecule has 9 nitrogen and oxygen atoms in total. The predicted molar refractivity (Wildman–Crippen MR) is 83.5 cm³/mol. The molecule has 1 rings (SSSR count). The van der Waals surface area contributed by atoms with Gasteiger partial charge in [0.05, 0.1) is 6.61 Å². The van der Waals surface area contributed by atoms with Crippen LogP contribution in [0.3, 0.4) is 0 Å². The van der Waals surface area contributed by atoms with Crippen molar-refractivity contribution < 1.29 is 41.9 Å². The molecular weight excluding hydrogens is 344 g/mol. The third kappa shape index (κ3) is 7.70. The summed E-state index contributed by atoms with van der Waals surface area (Å²) in [7, 11) is -4.70. The third-order valence-electron chi connectivity index (χ3n) is 3.83. The van der Waals surface area contributed by atoms with Crippen LogP contribution in [0.4, 0.5) is 0 Å². The predicted octanol–water partition coefficient (Wildman–Crippen LogP) is -0.00950. The summed E-state index contributed by atoms with van der Waals surface area (Å²) >= 11 is 0. The van der Waals surface area contributed by atoms with Gasteiger partial charge in [-0.2, -0.15) is 8.42 Å². The molecule has 1 fully saturated rings. The zero-order valence-corrected chi connectivity index (χ0v) is 14.6. The van der Waals surface area contributed by atoms with E-state index in [1.165, 1.54) is 6.42 Å². The van der Waals surface area contributed by atoms with Gasteiger partial charge in [-0.1, -0.05) is 39.0 Å². The van der Waals surface area contributed by atoms with E-state index in [2.05, 4.69) is 11.1 Å². The average Bonchev–Trinajstić information content (AvgIpc) is 2.52. The maximum Gasteiger partial charge on any atom is 0.397 e. The number of aliphatic hydroxyl groups is 3. The van der Waals surface area contributed by atoms with Gasteiger partial charge in [-0.3, -0.25) is 4.55 Å². The molecule has 144 valence electrons. The van der Waals surface area contributed by atoms with Gasteiger partial charge in [0.25, 0.3) is 0 Å². The Morgan fingerprint density at radius 3 is 2.21 bits per heavy atom. The molecule has 0 aromatic heterocycles. The van der Waals surface area contributed by atoms with E-state index in [4.69, 9.17) is 14.0 Å². The van der Waals surface area contributed by atoms with E-state index in [1.807, 2.05) is 0 Å². The summed E-state index contributed by atoms with van der Waals surface area (Å²) in [5.74, 6) is 0. The smallest absolute Gasteiger partial charge is 0.387 e. The quantitative estimate of drug-likeness (QED) is 0.291. The largest absolute Gasteiger partial charge is 0.397 e. The minimum Gasteiger partial charge on any atom is -0.387 e. The molecule has 0 bridgehead atoms. The summed E-state index contributed by atoms with van der Waals surface area (Å²) < 4.78 is 44.5.